The third-order valence-electron chi connectivity index (χ3n) is 4.48. The van der Waals surface area contributed by atoms with E-state index in [0.717, 1.165) is 35.5 Å². The normalized spacial score (nSPS) is 32.1. The number of nitrogens with one attached hydrogen (secondary N) is 1. The SMILES string of the molecule is CCc1cc2c(NC3C(N)C4CCOC43)ncnc2s1. The quantitative estimate of drug-likeness (QED) is 0.901. The molecule has 4 atom stereocenters. The number of fused-ring (bicyclic) bond motifs is 2. The van der Waals surface area contributed by atoms with E-state index in [-0.39, 0.29) is 18.2 Å². The van der Waals surface area contributed by atoms with Crippen LogP contribution in [0.4, 0.5) is 5.82 Å². The first-order valence-electron chi connectivity index (χ1n) is 7.15. The number of nitrogens with zero attached hydrogens (tertiary/aromatic N) is 2. The number of ether oxygens (including phenoxy) is 1. The fourth-order valence-electron chi connectivity index (χ4n) is 3.28. The summed E-state index contributed by atoms with van der Waals surface area (Å²) in [5.41, 5.74) is 6.25. The molecule has 20 heavy (non-hydrogen) atoms. The number of hydrogen-bond donors (Lipinski definition) is 2. The summed E-state index contributed by atoms with van der Waals surface area (Å²) in [5, 5.41) is 4.59. The molecule has 1 saturated heterocycles. The van der Waals surface area contributed by atoms with Gasteiger partial charge in [0, 0.05) is 23.4 Å². The van der Waals surface area contributed by atoms with Gasteiger partial charge in [0.05, 0.1) is 17.5 Å². The second kappa shape index (κ2) is 4.65. The fraction of sp³-hybridized carbons (Fsp3) is 0.571. The molecule has 0 amide bonds. The van der Waals surface area contributed by atoms with Gasteiger partial charge < -0.3 is 15.8 Å². The number of thiophene rings is 1. The Morgan fingerprint density at radius 3 is 3.25 bits per heavy atom. The molecule has 4 rings (SSSR count). The molecule has 5 nitrogen and oxygen atoms in total. The first-order chi connectivity index (χ1) is 9.78. The third-order valence-corrected chi connectivity index (χ3v) is 5.67. The van der Waals surface area contributed by atoms with Crippen molar-refractivity contribution in [3.8, 4) is 0 Å². The summed E-state index contributed by atoms with van der Waals surface area (Å²) in [6.45, 7) is 2.99. The van der Waals surface area contributed by atoms with Gasteiger partial charge in [0.15, 0.2) is 0 Å². The van der Waals surface area contributed by atoms with E-state index in [0.29, 0.717) is 5.92 Å². The second-order valence-corrected chi connectivity index (χ2v) is 6.66. The number of hydrogen-bond acceptors (Lipinski definition) is 6. The monoisotopic (exact) mass is 290 g/mol. The van der Waals surface area contributed by atoms with E-state index >= 15 is 0 Å². The van der Waals surface area contributed by atoms with E-state index < -0.39 is 0 Å². The van der Waals surface area contributed by atoms with Gasteiger partial charge in [-0.25, -0.2) is 9.97 Å². The highest BCUT2D eigenvalue weighted by atomic mass is 32.1. The van der Waals surface area contributed by atoms with Crippen LogP contribution in [0.2, 0.25) is 0 Å². The summed E-state index contributed by atoms with van der Waals surface area (Å²) in [5.74, 6) is 1.40. The molecular weight excluding hydrogens is 272 g/mol. The van der Waals surface area contributed by atoms with Crippen LogP contribution in [0, 0.1) is 5.92 Å². The largest absolute Gasteiger partial charge is 0.376 e. The molecule has 1 saturated carbocycles. The Balaban J connectivity index is 1.64. The second-order valence-electron chi connectivity index (χ2n) is 5.54. The molecule has 1 aliphatic carbocycles. The van der Waals surface area contributed by atoms with Gasteiger partial charge in [-0.15, -0.1) is 11.3 Å². The summed E-state index contributed by atoms with van der Waals surface area (Å²) in [6.07, 6.45) is 3.98. The van der Waals surface area contributed by atoms with Gasteiger partial charge in [-0.3, -0.25) is 0 Å². The number of anilines is 1. The van der Waals surface area contributed by atoms with Gasteiger partial charge in [0.1, 0.15) is 17.0 Å². The molecule has 0 radical (unpaired) electrons. The van der Waals surface area contributed by atoms with Crippen LogP contribution in [0.5, 0.6) is 0 Å². The first kappa shape index (κ1) is 12.5. The predicted octanol–water partition coefficient (Wildman–Crippen LogP) is 1.78. The van der Waals surface area contributed by atoms with Crippen molar-refractivity contribution in [3.05, 3.63) is 17.3 Å². The highest BCUT2D eigenvalue weighted by molar-refractivity contribution is 7.18. The summed E-state index contributed by atoms with van der Waals surface area (Å²) >= 11 is 1.73. The highest BCUT2D eigenvalue weighted by Gasteiger charge is 2.52. The van der Waals surface area contributed by atoms with Crippen LogP contribution in [-0.4, -0.2) is 34.8 Å². The molecule has 3 heterocycles. The van der Waals surface area contributed by atoms with Crippen molar-refractivity contribution in [2.24, 2.45) is 11.7 Å². The lowest BCUT2D eigenvalue weighted by molar-refractivity contribution is 0.00529. The minimum Gasteiger partial charge on any atom is -0.376 e. The lowest BCUT2D eigenvalue weighted by atomic mass is 9.72. The molecule has 2 fully saturated rings. The van der Waals surface area contributed by atoms with Gasteiger partial charge in [-0.1, -0.05) is 6.92 Å². The maximum Gasteiger partial charge on any atom is 0.138 e. The van der Waals surface area contributed by atoms with Crippen LogP contribution in [0.1, 0.15) is 18.2 Å². The molecule has 106 valence electrons. The predicted molar refractivity (Wildman–Crippen MR) is 80.0 cm³/mol. The van der Waals surface area contributed by atoms with Crippen LogP contribution in [0.25, 0.3) is 10.2 Å². The maximum atomic E-state index is 6.25. The lowest BCUT2D eigenvalue weighted by Gasteiger charge is -2.45. The van der Waals surface area contributed by atoms with Crippen molar-refractivity contribution >= 4 is 27.4 Å². The molecule has 0 aromatic carbocycles. The van der Waals surface area contributed by atoms with Gasteiger partial charge in [0.2, 0.25) is 0 Å². The van der Waals surface area contributed by atoms with E-state index in [4.69, 9.17) is 10.5 Å². The Bertz CT molecular complexity index is 643. The average Bonchev–Trinajstić information content (AvgIpc) is 3.08. The molecular formula is C14H18N4OS. The Morgan fingerprint density at radius 1 is 1.50 bits per heavy atom. The standard InChI is InChI=1S/C14H18N4OS/c1-2-7-5-9-13(16-6-17-14(9)20-7)18-11-10(15)8-3-4-19-12(8)11/h5-6,8,10-12H,2-4,15H2,1H3,(H,16,17,18). The number of aromatic nitrogens is 2. The number of aryl methyl sites for hydroxylation is 1. The zero-order valence-electron chi connectivity index (χ0n) is 11.4. The zero-order valence-corrected chi connectivity index (χ0v) is 12.2. The van der Waals surface area contributed by atoms with Crippen molar-refractivity contribution in [2.75, 3.05) is 11.9 Å². The molecule has 0 bridgehead atoms. The van der Waals surface area contributed by atoms with Crippen molar-refractivity contribution in [3.63, 3.8) is 0 Å². The summed E-state index contributed by atoms with van der Waals surface area (Å²) < 4.78 is 5.76. The summed E-state index contributed by atoms with van der Waals surface area (Å²) in [4.78, 5) is 11.1. The van der Waals surface area contributed by atoms with Crippen LogP contribution >= 0.6 is 11.3 Å². The van der Waals surface area contributed by atoms with E-state index in [2.05, 4.69) is 28.3 Å². The lowest BCUT2D eigenvalue weighted by Crippen LogP contribution is -2.65. The third kappa shape index (κ3) is 1.75. The Hall–Kier alpha value is -1.24. The minimum atomic E-state index is 0.164. The van der Waals surface area contributed by atoms with E-state index in [1.165, 1.54) is 4.88 Å². The Morgan fingerprint density at radius 2 is 2.40 bits per heavy atom. The van der Waals surface area contributed by atoms with Crippen molar-refractivity contribution < 1.29 is 4.74 Å². The zero-order chi connectivity index (χ0) is 13.7. The van der Waals surface area contributed by atoms with E-state index in [9.17, 15) is 0 Å². The smallest absolute Gasteiger partial charge is 0.138 e. The number of rotatable bonds is 3. The summed E-state index contributed by atoms with van der Waals surface area (Å²) in [6, 6.07) is 2.52. The van der Waals surface area contributed by atoms with Crippen LogP contribution in [-0.2, 0) is 11.2 Å². The van der Waals surface area contributed by atoms with Crippen LogP contribution in [0.15, 0.2) is 12.4 Å². The van der Waals surface area contributed by atoms with E-state index in [1.807, 2.05) is 0 Å². The molecule has 2 aliphatic rings. The van der Waals surface area contributed by atoms with E-state index in [1.54, 1.807) is 17.7 Å². The molecule has 0 spiro atoms. The number of nitrogens with two attached hydrogens (primary N) is 1. The minimum absolute atomic E-state index is 0.164. The molecule has 4 unspecified atom stereocenters. The summed E-state index contributed by atoms with van der Waals surface area (Å²) in [7, 11) is 0. The van der Waals surface area contributed by atoms with Crippen LogP contribution in [0.3, 0.4) is 0 Å². The van der Waals surface area contributed by atoms with Gasteiger partial charge >= 0.3 is 0 Å². The molecule has 6 heteroatoms. The van der Waals surface area contributed by atoms with Crippen molar-refractivity contribution in [1.82, 2.24) is 9.97 Å². The molecule has 2 aromatic heterocycles. The van der Waals surface area contributed by atoms with Gasteiger partial charge in [-0.2, -0.15) is 0 Å². The fourth-order valence-corrected chi connectivity index (χ4v) is 4.22. The van der Waals surface area contributed by atoms with Gasteiger partial charge in [-0.05, 0) is 18.9 Å². The van der Waals surface area contributed by atoms with Crippen molar-refractivity contribution in [2.45, 2.75) is 38.0 Å². The Labute approximate surface area is 121 Å². The molecule has 2 aromatic rings. The Kier molecular flexibility index (Phi) is 2.90. The molecule has 1 aliphatic heterocycles. The highest BCUT2D eigenvalue weighted by Crippen LogP contribution is 2.40. The van der Waals surface area contributed by atoms with Gasteiger partial charge in [0.25, 0.3) is 0 Å². The average molecular weight is 290 g/mol. The van der Waals surface area contributed by atoms with Crippen molar-refractivity contribution in [1.29, 1.82) is 0 Å². The maximum absolute atomic E-state index is 6.25. The topological polar surface area (TPSA) is 73.1 Å². The molecule has 3 N–H and O–H groups in total. The van der Waals surface area contributed by atoms with Crippen LogP contribution < -0.4 is 11.1 Å². The first-order valence-corrected chi connectivity index (χ1v) is 7.96.